The van der Waals surface area contributed by atoms with Crippen molar-refractivity contribution in [2.45, 2.75) is 125 Å². The van der Waals surface area contributed by atoms with Crippen molar-refractivity contribution in [2.24, 2.45) is 10.8 Å². The Morgan fingerprint density at radius 1 is 0.403 bits per heavy atom. The van der Waals surface area contributed by atoms with E-state index < -0.39 is 10.8 Å². The van der Waals surface area contributed by atoms with E-state index in [1.807, 2.05) is 77.9 Å². The molecule has 0 atom stereocenters. The standard InChI is InChI=1S/2C31H36O2.Zn/c2*1-18-13-20(3)28(21(4)14-18)24-11-10-12-25(29-22(5)15-19(2)16-23(29)6)30(24)26(32)17-27(33)31(7,8)9;/h10-17,33H,1-9H3;10-17,32H,1-9H3;/q;;+2/p-2/b27-17-;26-17-;. The monoisotopic (exact) mass is 942 g/mol. The minimum atomic E-state index is -0.615. The van der Waals surface area contributed by atoms with E-state index in [-0.39, 0.29) is 42.6 Å². The average molecular weight is 945 g/mol. The van der Waals surface area contributed by atoms with Crippen molar-refractivity contribution in [2.75, 3.05) is 0 Å². The van der Waals surface area contributed by atoms with Gasteiger partial charge in [-0.05, 0) is 195 Å². The number of allylic oxidation sites excluding steroid dienone is 3. The molecule has 0 bridgehead atoms. The predicted octanol–water partition coefficient (Wildman–Crippen LogP) is 14.5. The van der Waals surface area contributed by atoms with Crippen molar-refractivity contribution in [3.8, 4) is 44.5 Å². The van der Waals surface area contributed by atoms with Crippen LogP contribution in [0.15, 0.2) is 103 Å². The maximum Gasteiger partial charge on any atom is 2.00 e. The molecular weight excluding hydrogens is 874 g/mol. The molecule has 67 heavy (non-hydrogen) atoms. The van der Waals surface area contributed by atoms with E-state index in [0.29, 0.717) is 11.1 Å². The normalized spacial score (nSPS) is 12.0. The number of carbonyl (C=O) groups is 2. The van der Waals surface area contributed by atoms with Gasteiger partial charge in [-0.1, -0.05) is 154 Å². The molecular formula is C62H70O4Zn. The molecule has 0 radical (unpaired) electrons. The second kappa shape index (κ2) is 21.1. The summed E-state index contributed by atoms with van der Waals surface area (Å²) in [6.07, 6.45) is 2.58. The Morgan fingerprint density at radius 3 is 0.896 bits per heavy atom. The molecule has 0 amide bonds. The maximum absolute atomic E-state index is 13.8. The number of aryl methyl sites for hydroxylation is 12. The van der Waals surface area contributed by atoms with E-state index in [0.717, 1.165) is 89.0 Å². The summed E-state index contributed by atoms with van der Waals surface area (Å²) >= 11 is 0. The van der Waals surface area contributed by atoms with Crippen LogP contribution < -0.4 is 10.2 Å². The van der Waals surface area contributed by atoms with Crippen molar-refractivity contribution in [3.05, 3.63) is 181 Å². The Labute approximate surface area is 415 Å². The van der Waals surface area contributed by atoms with Gasteiger partial charge in [-0.15, -0.1) is 5.76 Å². The van der Waals surface area contributed by atoms with Crippen LogP contribution in [0.3, 0.4) is 0 Å². The van der Waals surface area contributed by atoms with Gasteiger partial charge < -0.3 is 10.2 Å². The van der Waals surface area contributed by atoms with Gasteiger partial charge in [0.05, 0.1) is 0 Å². The van der Waals surface area contributed by atoms with Crippen LogP contribution in [0.5, 0.6) is 0 Å². The molecule has 344 valence electrons. The van der Waals surface area contributed by atoms with E-state index in [1.54, 1.807) is 0 Å². The molecule has 6 rings (SSSR count). The Hall–Kier alpha value is -5.64. The van der Waals surface area contributed by atoms with Crippen molar-refractivity contribution >= 4 is 17.3 Å². The SMILES string of the molecule is Cc1cc(C)c(-c2cccc(-c3c(C)cc(C)cc3C)c2/C([O-])=C/C(=O)C(C)(C)C)c(C)c1.Cc1cc(C)c(-c2cccc(-c3c(C)cc(C)cc3C)c2C(=O)/C=C(\[O-])C(C)(C)C)c(C)c1.[Zn+2]. The molecule has 0 aromatic heterocycles. The molecule has 0 saturated carbocycles. The Balaban J connectivity index is 0.000000288. The summed E-state index contributed by atoms with van der Waals surface area (Å²) in [7, 11) is 0. The van der Waals surface area contributed by atoms with Crippen LogP contribution >= 0.6 is 0 Å². The Bertz CT molecular complexity index is 2700. The van der Waals surface area contributed by atoms with Gasteiger partial charge >= 0.3 is 19.5 Å². The molecule has 5 heteroatoms. The summed E-state index contributed by atoms with van der Waals surface area (Å²) in [4.78, 5) is 26.6. The first-order valence-electron chi connectivity index (χ1n) is 23.1. The Kier molecular flexibility index (Phi) is 17.0. The van der Waals surface area contributed by atoms with Crippen LogP contribution in [0.1, 0.15) is 124 Å². The minimum Gasteiger partial charge on any atom is -0.875 e. The fourth-order valence-electron chi connectivity index (χ4n) is 9.70. The summed E-state index contributed by atoms with van der Waals surface area (Å²) in [5, 5.41) is 26.6. The fraction of sp³-hybridized carbons (Fsp3) is 0.323. The van der Waals surface area contributed by atoms with Gasteiger partial charge in [0, 0.05) is 11.0 Å². The molecule has 0 fully saturated rings. The van der Waals surface area contributed by atoms with Crippen LogP contribution in [0.25, 0.3) is 50.3 Å². The van der Waals surface area contributed by atoms with Crippen LogP contribution in [-0.4, -0.2) is 11.6 Å². The molecule has 4 nitrogen and oxygen atoms in total. The summed E-state index contributed by atoms with van der Waals surface area (Å²) in [5.41, 5.74) is 21.5. The molecule has 0 unspecified atom stereocenters. The molecule has 0 saturated heterocycles. The molecule has 0 aliphatic carbocycles. The maximum atomic E-state index is 13.8. The number of rotatable bonds is 8. The minimum absolute atomic E-state index is 0. The summed E-state index contributed by atoms with van der Waals surface area (Å²) in [6, 6.07) is 29.3. The van der Waals surface area contributed by atoms with Gasteiger partial charge in [0.15, 0.2) is 11.6 Å². The quantitative estimate of drug-likeness (QED) is 0.0659. The van der Waals surface area contributed by atoms with E-state index in [9.17, 15) is 19.8 Å². The van der Waals surface area contributed by atoms with E-state index in [2.05, 4.69) is 132 Å². The largest absolute Gasteiger partial charge is 2.00 e. The molecule has 6 aromatic carbocycles. The van der Waals surface area contributed by atoms with E-state index >= 15 is 0 Å². The van der Waals surface area contributed by atoms with Gasteiger partial charge in [-0.2, -0.15) is 0 Å². The van der Waals surface area contributed by atoms with Gasteiger partial charge in [0.2, 0.25) is 0 Å². The summed E-state index contributed by atoms with van der Waals surface area (Å²) in [5.74, 6) is -0.801. The zero-order valence-corrected chi connectivity index (χ0v) is 46.5. The molecule has 0 N–H and O–H groups in total. The van der Waals surface area contributed by atoms with E-state index in [1.165, 1.54) is 34.4 Å². The second-order valence-electron chi connectivity index (χ2n) is 20.8. The zero-order valence-electron chi connectivity index (χ0n) is 43.6. The van der Waals surface area contributed by atoms with Gasteiger partial charge in [-0.25, -0.2) is 0 Å². The van der Waals surface area contributed by atoms with Gasteiger partial charge in [0.1, 0.15) is 0 Å². The van der Waals surface area contributed by atoms with Gasteiger partial charge in [-0.3, -0.25) is 9.59 Å². The number of ketones is 2. The van der Waals surface area contributed by atoms with Crippen molar-refractivity contribution in [3.63, 3.8) is 0 Å². The first kappa shape index (κ1) is 54.0. The number of benzene rings is 6. The van der Waals surface area contributed by atoms with Crippen LogP contribution in [0.4, 0.5) is 0 Å². The third-order valence-corrected chi connectivity index (χ3v) is 12.4. The van der Waals surface area contributed by atoms with Crippen molar-refractivity contribution in [1.82, 2.24) is 0 Å². The smallest absolute Gasteiger partial charge is 0.875 e. The summed E-state index contributed by atoms with van der Waals surface area (Å²) < 4.78 is 0. The first-order chi connectivity index (χ1) is 30.6. The third-order valence-electron chi connectivity index (χ3n) is 12.4. The number of carbonyl (C=O) groups excluding carboxylic acids is 2. The van der Waals surface area contributed by atoms with Crippen LogP contribution in [0.2, 0.25) is 0 Å². The number of hydrogen-bond acceptors (Lipinski definition) is 4. The second-order valence-corrected chi connectivity index (χ2v) is 20.8. The van der Waals surface area contributed by atoms with Crippen LogP contribution in [-0.2, 0) is 24.3 Å². The van der Waals surface area contributed by atoms with Crippen LogP contribution in [0, 0.1) is 93.9 Å². The Morgan fingerprint density at radius 2 is 0.657 bits per heavy atom. The molecule has 0 spiro atoms. The number of hydrogen-bond donors (Lipinski definition) is 0. The average Bonchev–Trinajstić information content (AvgIpc) is 3.16. The molecule has 0 aliphatic rings. The topological polar surface area (TPSA) is 80.3 Å². The van der Waals surface area contributed by atoms with Crippen molar-refractivity contribution in [1.29, 1.82) is 0 Å². The molecule has 0 aliphatic heterocycles. The fourth-order valence-corrected chi connectivity index (χ4v) is 9.70. The first-order valence-corrected chi connectivity index (χ1v) is 23.1. The van der Waals surface area contributed by atoms with E-state index in [4.69, 9.17) is 0 Å². The molecule has 6 aromatic rings. The summed E-state index contributed by atoms with van der Waals surface area (Å²) in [6.45, 7) is 36.1. The predicted molar refractivity (Wildman–Crippen MR) is 276 cm³/mol. The van der Waals surface area contributed by atoms with Crippen molar-refractivity contribution < 1.29 is 39.3 Å². The third kappa shape index (κ3) is 12.1. The molecule has 0 heterocycles. The van der Waals surface area contributed by atoms with Gasteiger partial charge in [0.25, 0.3) is 0 Å². The zero-order chi connectivity index (χ0) is 49.3.